The molecule has 188 valence electrons. The first kappa shape index (κ1) is 24.3. The van der Waals surface area contributed by atoms with E-state index < -0.39 is 0 Å². The number of rotatable bonds is 8. The summed E-state index contributed by atoms with van der Waals surface area (Å²) in [4.78, 5) is 27.2. The molecule has 6 heteroatoms. The van der Waals surface area contributed by atoms with Crippen molar-refractivity contribution in [3.63, 3.8) is 0 Å². The van der Waals surface area contributed by atoms with E-state index in [1.165, 1.54) is 10.5 Å². The van der Waals surface area contributed by atoms with E-state index in [4.69, 9.17) is 9.47 Å². The molecule has 2 aliphatic heterocycles. The maximum atomic E-state index is 13.0. The summed E-state index contributed by atoms with van der Waals surface area (Å²) < 4.78 is 12.4. The van der Waals surface area contributed by atoms with Crippen LogP contribution in [0.15, 0.2) is 71.3 Å². The number of carbonyl (C=O) groups excluding carboxylic acids is 2. The van der Waals surface area contributed by atoms with Crippen molar-refractivity contribution in [2.24, 2.45) is 17.8 Å². The van der Waals surface area contributed by atoms with Gasteiger partial charge in [-0.2, -0.15) is 0 Å². The van der Waals surface area contributed by atoms with Gasteiger partial charge >= 0.3 is 0 Å². The van der Waals surface area contributed by atoms with E-state index in [1.54, 1.807) is 13.1 Å². The van der Waals surface area contributed by atoms with Gasteiger partial charge in [-0.25, -0.2) is 0 Å². The van der Waals surface area contributed by atoms with Crippen LogP contribution in [0.3, 0.4) is 0 Å². The minimum absolute atomic E-state index is 0.0863. The molecule has 1 aliphatic carbocycles. The van der Waals surface area contributed by atoms with Gasteiger partial charge in [0.15, 0.2) is 0 Å². The lowest BCUT2D eigenvalue weighted by Gasteiger charge is -2.31. The molecule has 2 fully saturated rings. The second-order valence-corrected chi connectivity index (χ2v) is 9.91. The molecule has 0 bridgehead atoms. The van der Waals surface area contributed by atoms with E-state index >= 15 is 0 Å². The van der Waals surface area contributed by atoms with E-state index in [1.807, 2.05) is 48.5 Å². The Kier molecular flexibility index (Phi) is 6.97. The number of para-hydroxylation sites is 2. The van der Waals surface area contributed by atoms with E-state index in [2.05, 4.69) is 13.0 Å². The van der Waals surface area contributed by atoms with Crippen LogP contribution in [0.1, 0.15) is 38.2 Å². The average Bonchev–Trinajstić information content (AvgIpc) is 3.42. The Bertz CT molecular complexity index is 1200. The van der Waals surface area contributed by atoms with Crippen molar-refractivity contribution in [2.75, 3.05) is 20.3 Å². The predicted molar refractivity (Wildman–Crippen MR) is 137 cm³/mol. The van der Waals surface area contributed by atoms with Crippen LogP contribution >= 0.6 is 0 Å². The average molecular weight is 488 g/mol. The van der Waals surface area contributed by atoms with Gasteiger partial charge in [-0.1, -0.05) is 55.0 Å². The van der Waals surface area contributed by atoms with E-state index in [9.17, 15) is 14.7 Å². The number of nitrogens with zero attached hydrogens (tertiary/aromatic N) is 1. The minimum atomic E-state index is -0.342. The number of likely N-dealkylation sites (tertiary alicyclic amines) is 1. The summed E-state index contributed by atoms with van der Waals surface area (Å²) in [6, 6.07) is 17.0. The Hall–Kier alpha value is -3.38. The minimum Gasteiger partial charge on any atom is -0.507 e. The first-order valence-electron chi connectivity index (χ1n) is 12.8. The normalized spacial score (nSPS) is 25.8. The van der Waals surface area contributed by atoms with Gasteiger partial charge in [0.1, 0.15) is 18.1 Å². The van der Waals surface area contributed by atoms with Crippen LogP contribution in [0, 0.1) is 17.8 Å². The van der Waals surface area contributed by atoms with Crippen molar-refractivity contribution in [1.82, 2.24) is 4.90 Å². The maximum absolute atomic E-state index is 13.0. The van der Waals surface area contributed by atoms with Crippen molar-refractivity contribution in [1.29, 1.82) is 0 Å². The lowest BCUT2D eigenvalue weighted by molar-refractivity contribution is -0.138. The molecule has 2 amide bonds. The van der Waals surface area contributed by atoms with Crippen molar-refractivity contribution in [3.8, 4) is 11.5 Å². The highest BCUT2D eigenvalue weighted by Gasteiger charge is 2.56. The van der Waals surface area contributed by atoms with Crippen LogP contribution in [0.25, 0.3) is 6.08 Å². The van der Waals surface area contributed by atoms with Gasteiger partial charge in [0, 0.05) is 18.5 Å². The van der Waals surface area contributed by atoms with Crippen LogP contribution in [0.5, 0.6) is 11.5 Å². The van der Waals surface area contributed by atoms with E-state index in [0.717, 1.165) is 41.7 Å². The zero-order chi connectivity index (χ0) is 25.2. The highest BCUT2D eigenvalue weighted by molar-refractivity contribution is 6.05. The molecule has 3 aliphatic rings. The Balaban J connectivity index is 1.40. The van der Waals surface area contributed by atoms with Gasteiger partial charge in [-0.15, -0.1) is 0 Å². The fraction of sp³-hybridized carbons (Fsp3) is 0.400. The molecule has 6 nitrogen and oxygen atoms in total. The molecular formula is C30H33NO5. The van der Waals surface area contributed by atoms with Crippen molar-refractivity contribution >= 4 is 17.9 Å². The predicted octanol–water partition coefficient (Wildman–Crippen LogP) is 4.99. The smallest absolute Gasteiger partial charge is 0.233 e. The highest BCUT2D eigenvalue weighted by Crippen LogP contribution is 2.49. The summed E-state index contributed by atoms with van der Waals surface area (Å²) in [7, 11) is 1.59. The summed E-state index contributed by atoms with van der Waals surface area (Å²) in [6.07, 6.45) is 4.95. The zero-order valence-electron chi connectivity index (χ0n) is 20.9. The maximum Gasteiger partial charge on any atom is 0.233 e. The Morgan fingerprint density at radius 2 is 1.83 bits per heavy atom. The lowest BCUT2D eigenvalue weighted by atomic mass is 9.69. The second kappa shape index (κ2) is 10.3. The molecule has 2 saturated heterocycles. The molecule has 0 radical (unpaired) electrons. The first-order chi connectivity index (χ1) is 17.5. The number of carbonyl (C=O) groups is 2. The third-order valence-electron chi connectivity index (χ3n) is 7.86. The fourth-order valence-electron chi connectivity index (χ4n) is 5.95. The molecule has 2 aromatic rings. The number of ether oxygens (including phenoxy) is 2. The lowest BCUT2D eigenvalue weighted by Crippen LogP contribution is -2.35. The number of phenolic OH excluding ortho intramolecular Hbond substituents is 1. The molecule has 0 aromatic heterocycles. The molecule has 2 heterocycles. The Morgan fingerprint density at radius 3 is 2.58 bits per heavy atom. The highest BCUT2D eigenvalue weighted by atomic mass is 16.5. The third-order valence-corrected chi connectivity index (χ3v) is 7.86. The summed E-state index contributed by atoms with van der Waals surface area (Å²) in [6.45, 7) is 2.96. The molecule has 2 aromatic carbocycles. The van der Waals surface area contributed by atoms with Crippen molar-refractivity contribution in [3.05, 3.63) is 76.9 Å². The monoisotopic (exact) mass is 487 g/mol. The topological polar surface area (TPSA) is 76.1 Å². The van der Waals surface area contributed by atoms with Crippen LogP contribution < -0.4 is 4.74 Å². The molecule has 0 spiro atoms. The number of fused-ring (bicyclic) bond motifs is 3. The van der Waals surface area contributed by atoms with Crippen molar-refractivity contribution in [2.45, 2.75) is 38.7 Å². The quantitative estimate of drug-likeness (QED) is 0.419. The number of allylic oxidation sites excluding steroid dienone is 1. The summed E-state index contributed by atoms with van der Waals surface area (Å²) >= 11 is 0. The molecule has 4 atom stereocenters. The fourth-order valence-corrected chi connectivity index (χ4v) is 5.95. The number of phenols is 1. The van der Waals surface area contributed by atoms with Crippen molar-refractivity contribution < 1.29 is 24.2 Å². The molecule has 36 heavy (non-hydrogen) atoms. The largest absolute Gasteiger partial charge is 0.507 e. The van der Waals surface area contributed by atoms with Gasteiger partial charge in [0.2, 0.25) is 11.8 Å². The molecule has 1 N–H and O–H groups in total. The first-order valence-corrected chi connectivity index (χ1v) is 12.8. The summed E-state index contributed by atoms with van der Waals surface area (Å²) in [5.41, 5.74) is 4.29. The molecule has 0 unspecified atom stereocenters. The zero-order valence-corrected chi connectivity index (χ0v) is 20.9. The third kappa shape index (κ3) is 4.58. The molecular weight excluding hydrogens is 454 g/mol. The number of imide groups is 1. The van der Waals surface area contributed by atoms with Gasteiger partial charge < -0.3 is 14.6 Å². The standard InChI is InChI=1S/C30H33NO5/c1-3-19(15-20-9-7-8-12-25(20)32)13-14-26-27-21(17-35-22-10-5-4-6-11-22)16-23-28(24(27)18-36-26)30(34)31(2)29(23)33/h4-12,15,23-24,26,28,32H,3,13-14,16-18H2,1-2H3/b19-15+/t23-,24+,26-,28-/m1/s1. The number of hydrogen-bond acceptors (Lipinski definition) is 5. The molecule has 5 rings (SSSR count). The van der Waals surface area contributed by atoms with Crippen LogP contribution in [0.2, 0.25) is 0 Å². The van der Waals surface area contributed by atoms with Gasteiger partial charge in [-0.3, -0.25) is 14.5 Å². The van der Waals surface area contributed by atoms with Gasteiger partial charge in [0.05, 0.1) is 24.5 Å². The number of benzene rings is 2. The van der Waals surface area contributed by atoms with Gasteiger partial charge in [-0.05, 0) is 55.0 Å². The number of hydrogen-bond donors (Lipinski definition) is 1. The Morgan fingerprint density at radius 1 is 1.08 bits per heavy atom. The van der Waals surface area contributed by atoms with E-state index in [0.29, 0.717) is 19.6 Å². The van der Waals surface area contributed by atoms with E-state index in [-0.39, 0.29) is 41.4 Å². The summed E-state index contributed by atoms with van der Waals surface area (Å²) in [5, 5.41) is 10.2. The Labute approximate surface area is 212 Å². The second-order valence-electron chi connectivity index (χ2n) is 9.91. The summed E-state index contributed by atoms with van der Waals surface area (Å²) in [5.74, 6) is 0.111. The number of aromatic hydroxyl groups is 1. The van der Waals surface area contributed by atoms with Gasteiger partial charge in [0.25, 0.3) is 0 Å². The number of amides is 2. The molecule has 0 saturated carbocycles. The van der Waals surface area contributed by atoms with Crippen LogP contribution in [-0.2, 0) is 14.3 Å². The SMILES string of the molecule is CC/C(=C\c1ccccc1O)CC[C@H]1OC[C@H]2C1=C(COc1ccccc1)C[C@H]1C(=O)N(C)C(=O)[C@H]12. The van der Waals surface area contributed by atoms with Crippen LogP contribution in [0.4, 0.5) is 0 Å². The van der Waals surface area contributed by atoms with Crippen LogP contribution in [-0.4, -0.2) is 48.2 Å².